The molecule has 0 saturated carbocycles. The van der Waals surface area contributed by atoms with Crippen LogP contribution in [0.2, 0.25) is 0 Å². The number of hydrogen-bond acceptors (Lipinski definition) is 2. The first-order valence-corrected chi connectivity index (χ1v) is 3.84. The Bertz CT molecular complexity index is 192. The Balaban J connectivity index is 2.53. The van der Waals surface area contributed by atoms with Crippen molar-refractivity contribution in [3.8, 4) is 0 Å². The maximum absolute atomic E-state index is 5.36. The molecular weight excluding hydrogens is 138 g/mol. The molecule has 0 spiro atoms. The lowest BCUT2D eigenvalue weighted by molar-refractivity contribution is 0.227. The summed E-state index contributed by atoms with van der Waals surface area (Å²) in [6, 6.07) is 0. The van der Waals surface area contributed by atoms with Crippen LogP contribution in [0.1, 0.15) is 13.3 Å². The smallest absolute Gasteiger partial charge is 0.111 e. The average molecular weight is 153 g/mol. The summed E-state index contributed by atoms with van der Waals surface area (Å²) in [5.74, 6) is 1.04. The van der Waals surface area contributed by atoms with Gasteiger partial charge in [-0.1, -0.05) is 0 Å². The number of nitrogens with zero attached hydrogens (tertiary/aromatic N) is 1. The van der Waals surface area contributed by atoms with E-state index >= 15 is 0 Å². The van der Waals surface area contributed by atoms with Crippen LogP contribution in [0.5, 0.6) is 0 Å². The number of rotatable bonds is 1. The van der Waals surface area contributed by atoms with Crippen molar-refractivity contribution in [2.45, 2.75) is 13.3 Å². The Hall–Kier alpha value is -0.920. The minimum absolute atomic E-state index is 0.751. The Labute approximate surface area is 68.1 Å². The van der Waals surface area contributed by atoms with Crippen LogP contribution in [0, 0.1) is 0 Å². The molecule has 0 amide bonds. The predicted octanol–water partition coefficient (Wildman–Crippen LogP) is 1.76. The molecule has 1 heterocycles. The van der Waals surface area contributed by atoms with Crippen LogP contribution < -0.4 is 0 Å². The average Bonchev–Trinajstić information content (AvgIpc) is 1.93. The normalized spacial score (nSPS) is 21.0. The summed E-state index contributed by atoms with van der Waals surface area (Å²) in [6.07, 6.45) is 5.26. The highest BCUT2D eigenvalue weighted by atomic mass is 16.5. The minimum atomic E-state index is 0.751. The highest BCUT2D eigenvalue weighted by molar-refractivity contribution is 5.12. The highest BCUT2D eigenvalue weighted by Crippen LogP contribution is 2.14. The molecule has 0 N–H and O–H groups in total. The topological polar surface area (TPSA) is 12.5 Å². The Morgan fingerprint density at radius 1 is 1.55 bits per heavy atom. The molecule has 0 saturated heterocycles. The molecular formula is C9H15NO. The van der Waals surface area contributed by atoms with E-state index in [-0.39, 0.29) is 0 Å². The Morgan fingerprint density at radius 3 is 2.73 bits per heavy atom. The van der Waals surface area contributed by atoms with Gasteiger partial charge in [-0.2, -0.15) is 0 Å². The van der Waals surface area contributed by atoms with E-state index in [1.54, 1.807) is 0 Å². The van der Waals surface area contributed by atoms with Gasteiger partial charge in [0.05, 0.1) is 5.76 Å². The lowest BCUT2D eigenvalue weighted by Gasteiger charge is -2.16. The summed E-state index contributed by atoms with van der Waals surface area (Å²) in [7, 11) is 4.05. The van der Waals surface area contributed by atoms with Gasteiger partial charge in [0.1, 0.15) is 6.61 Å². The van der Waals surface area contributed by atoms with Gasteiger partial charge in [-0.15, -0.1) is 0 Å². The van der Waals surface area contributed by atoms with Crippen molar-refractivity contribution >= 4 is 0 Å². The lowest BCUT2D eigenvalue weighted by atomic mass is 10.1. The molecule has 1 aliphatic heterocycles. The SMILES string of the molecule is CC1=CC/C(=C\N(C)C)CO1. The van der Waals surface area contributed by atoms with Crippen molar-refractivity contribution in [3.05, 3.63) is 23.6 Å². The molecule has 1 aliphatic rings. The molecule has 62 valence electrons. The van der Waals surface area contributed by atoms with Gasteiger partial charge >= 0.3 is 0 Å². The van der Waals surface area contributed by atoms with Crippen molar-refractivity contribution in [1.29, 1.82) is 0 Å². The highest BCUT2D eigenvalue weighted by Gasteiger charge is 2.04. The zero-order valence-electron chi connectivity index (χ0n) is 7.42. The van der Waals surface area contributed by atoms with Gasteiger partial charge in [0.25, 0.3) is 0 Å². The van der Waals surface area contributed by atoms with E-state index in [1.807, 2.05) is 25.9 Å². The largest absolute Gasteiger partial charge is 0.494 e. The van der Waals surface area contributed by atoms with Crippen molar-refractivity contribution < 1.29 is 4.74 Å². The molecule has 0 fully saturated rings. The fourth-order valence-corrected chi connectivity index (χ4v) is 1.05. The van der Waals surface area contributed by atoms with Crippen molar-refractivity contribution in [2.24, 2.45) is 0 Å². The summed E-state index contributed by atoms with van der Waals surface area (Å²) in [5, 5.41) is 0. The van der Waals surface area contributed by atoms with E-state index < -0.39 is 0 Å². The van der Waals surface area contributed by atoms with Crippen LogP contribution in [-0.4, -0.2) is 25.6 Å². The van der Waals surface area contributed by atoms with Crippen LogP contribution >= 0.6 is 0 Å². The second-order valence-electron chi connectivity index (χ2n) is 3.06. The van der Waals surface area contributed by atoms with Crippen molar-refractivity contribution in [3.63, 3.8) is 0 Å². The second kappa shape index (κ2) is 3.46. The summed E-state index contributed by atoms with van der Waals surface area (Å²) >= 11 is 0. The first kappa shape index (κ1) is 8.18. The zero-order valence-corrected chi connectivity index (χ0v) is 7.42. The maximum atomic E-state index is 5.36. The standard InChI is InChI=1S/C9H15NO/c1-8-4-5-9(7-11-8)6-10(2)3/h4,6H,5,7H2,1-3H3/b9-6+. The predicted molar refractivity (Wildman–Crippen MR) is 46.1 cm³/mol. The summed E-state index contributed by atoms with van der Waals surface area (Å²) in [5.41, 5.74) is 1.33. The maximum Gasteiger partial charge on any atom is 0.111 e. The Kier molecular flexibility index (Phi) is 2.58. The van der Waals surface area contributed by atoms with E-state index in [1.165, 1.54) is 5.57 Å². The van der Waals surface area contributed by atoms with Gasteiger partial charge in [-0.25, -0.2) is 0 Å². The van der Waals surface area contributed by atoms with E-state index in [9.17, 15) is 0 Å². The molecule has 0 atom stereocenters. The van der Waals surface area contributed by atoms with Gasteiger partial charge in [0.15, 0.2) is 0 Å². The first-order valence-electron chi connectivity index (χ1n) is 3.84. The molecule has 11 heavy (non-hydrogen) atoms. The first-order chi connectivity index (χ1) is 5.18. The van der Waals surface area contributed by atoms with Gasteiger partial charge in [-0.05, 0) is 25.0 Å². The second-order valence-corrected chi connectivity index (χ2v) is 3.06. The van der Waals surface area contributed by atoms with E-state index in [4.69, 9.17) is 4.74 Å². The quantitative estimate of drug-likeness (QED) is 0.569. The molecule has 0 aromatic heterocycles. The molecule has 0 aromatic rings. The molecule has 0 unspecified atom stereocenters. The number of hydrogen-bond donors (Lipinski definition) is 0. The van der Waals surface area contributed by atoms with Crippen LogP contribution in [-0.2, 0) is 4.74 Å². The molecule has 0 aromatic carbocycles. The van der Waals surface area contributed by atoms with Crippen LogP contribution in [0.4, 0.5) is 0 Å². The van der Waals surface area contributed by atoms with Crippen LogP contribution in [0.3, 0.4) is 0 Å². The molecule has 0 aliphatic carbocycles. The van der Waals surface area contributed by atoms with Gasteiger partial charge in [0, 0.05) is 20.3 Å². The zero-order chi connectivity index (χ0) is 8.27. The van der Waals surface area contributed by atoms with Crippen molar-refractivity contribution in [2.75, 3.05) is 20.7 Å². The summed E-state index contributed by atoms with van der Waals surface area (Å²) in [6.45, 7) is 2.74. The fraction of sp³-hybridized carbons (Fsp3) is 0.556. The third-order valence-corrected chi connectivity index (χ3v) is 1.58. The van der Waals surface area contributed by atoms with Crippen LogP contribution in [0.15, 0.2) is 23.6 Å². The number of allylic oxidation sites excluding steroid dienone is 2. The van der Waals surface area contributed by atoms with Gasteiger partial charge < -0.3 is 9.64 Å². The fourth-order valence-electron chi connectivity index (χ4n) is 1.05. The third kappa shape index (κ3) is 2.66. The van der Waals surface area contributed by atoms with Gasteiger partial charge in [0.2, 0.25) is 0 Å². The summed E-state index contributed by atoms with van der Waals surface area (Å²) in [4.78, 5) is 2.05. The molecule has 1 rings (SSSR count). The number of ether oxygens (including phenoxy) is 1. The van der Waals surface area contributed by atoms with E-state index in [0.29, 0.717) is 0 Å². The van der Waals surface area contributed by atoms with E-state index in [0.717, 1.165) is 18.8 Å². The Morgan fingerprint density at radius 2 is 2.27 bits per heavy atom. The molecule has 0 radical (unpaired) electrons. The molecule has 2 nitrogen and oxygen atoms in total. The van der Waals surface area contributed by atoms with E-state index in [2.05, 4.69) is 12.3 Å². The monoisotopic (exact) mass is 153 g/mol. The van der Waals surface area contributed by atoms with Crippen molar-refractivity contribution in [1.82, 2.24) is 4.90 Å². The summed E-state index contributed by atoms with van der Waals surface area (Å²) < 4.78 is 5.36. The minimum Gasteiger partial charge on any atom is -0.494 e. The molecule has 2 heteroatoms. The van der Waals surface area contributed by atoms with Gasteiger partial charge in [-0.3, -0.25) is 0 Å². The molecule has 0 bridgehead atoms. The third-order valence-electron chi connectivity index (χ3n) is 1.58. The lowest BCUT2D eigenvalue weighted by Crippen LogP contribution is -2.08. The van der Waals surface area contributed by atoms with Crippen LogP contribution in [0.25, 0.3) is 0 Å².